The summed E-state index contributed by atoms with van der Waals surface area (Å²) in [6, 6.07) is 4.72. The summed E-state index contributed by atoms with van der Waals surface area (Å²) < 4.78 is 1.51. The number of rotatable bonds is 1. The number of aryl methyl sites for hydroxylation is 1. The van der Waals surface area contributed by atoms with Crippen molar-refractivity contribution in [2.75, 3.05) is 5.73 Å². The molecule has 1 aromatic heterocycles. The second-order valence-corrected chi connectivity index (χ2v) is 2.93. The summed E-state index contributed by atoms with van der Waals surface area (Å²) in [6.07, 6.45) is 0. The SMILES string of the molecule is Cn1c(N)nc2cccc([N+](=O)[O-])c21. The molecule has 1 heterocycles. The Morgan fingerprint density at radius 2 is 2.29 bits per heavy atom. The van der Waals surface area contributed by atoms with E-state index in [0.29, 0.717) is 11.0 Å². The second-order valence-electron chi connectivity index (χ2n) is 2.93. The molecule has 0 radical (unpaired) electrons. The fourth-order valence-corrected chi connectivity index (χ4v) is 1.41. The Morgan fingerprint density at radius 1 is 1.57 bits per heavy atom. The van der Waals surface area contributed by atoms with E-state index in [4.69, 9.17) is 5.73 Å². The van der Waals surface area contributed by atoms with Gasteiger partial charge in [0.2, 0.25) is 5.95 Å². The maximum absolute atomic E-state index is 10.7. The molecule has 0 unspecified atom stereocenters. The average Bonchev–Trinajstić information content (AvgIpc) is 2.43. The van der Waals surface area contributed by atoms with Crippen LogP contribution in [0.15, 0.2) is 18.2 Å². The number of nitrogens with two attached hydrogens (primary N) is 1. The molecule has 0 amide bonds. The highest BCUT2D eigenvalue weighted by Gasteiger charge is 2.16. The zero-order valence-electron chi connectivity index (χ0n) is 7.47. The van der Waals surface area contributed by atoms with E-state index in [-0.39, 0.29) is 11.6 Å². The summed E-state index contributed by atoms with van der Waals surface area (Å²) in [5.41, 5.74) is 6.57. The van der Waals surface area contributed by atoms with Gasteiger partial charge in [-0.05, 0) is 6.07 Å². The molecule has 0 aliphatic rings. The van der Waals surface area contributed by atoms with Crippen molar-refractivity contribution >= 4 is 22.7 Å². The number of hydrogen-bond acceptors (Lipinski definition) is 4. The Bertz CT molecular complexity index is 517. The largest absolute Gasteiger partial charge is 0.369 e. The van der Waals surface area contributed by atoms with Gasteiger partial charge < -0.3 is 10.3 Å². The van der Waals surface area contributed by atoms with Gasteiger partial charge in [-0.25, -0.2) is 4.98 Å². The minimum atomic E-state index is -0.441. The van der Waals surface area contributed by atoms with Crippen LogP contribution in [0.25, 0.3) is 11.0 Å². The molecular formula is C8H8N4O2. The van der Waals surface area contributed by atoms with Gasteiger partial charge in [-0.3, -0.25) is 10.1 Å². The van der Waals surface area contributed by atoms with Crippen LogP contribution in [0.5, 0.6) is 0 Å². The topological polar surface area (TPSA) is 87.0 Å². The molecule has 6 nitrogen and oxygen atoms in total. The minimum Gasteiger partial charge on any atom is -0.369 e. The molecule has 6 heteroatoms. The molecule has 2 N–H and O–H groups in total. The lowest BCUT2D eigenvalue weighted by Gasteiger charge is -1.97. The molecule has 0 aliphatic heterocycles. The van der Waals surface area contributed by atoms with Crippen LogP contribution in [0, 0.1) is 10.1 Å². The molecule has 0 bridgehead atoms. The number of non-ortho nitro benzene ring substituents is 1. The quantitative estimate of drug-likeness (QED) is 0.540. The van der Waals surface area contributed by atoms with Crippen LogP contribution in [0.2, 0.25) is 0 Å². The zero-order valence-corrected chi connectivity index (χ0v) is 7.47. The Kier molecular flexibility index (Phi) is 1.63. The highest BCUT2D eigenvalue weighted by Crippen LogP contribution is 2.25. The Morgan fingerprint density at radius 3 is 2.93 bits per heavy atom. The highest BCUT2D eigenvalue weighted by atomic mass is 16.6. The van der Waals surface area contributed by atoms with E-state index in [2.05, 4.69) is 4.98 Å². The summed E-state index contributed by atoms with van der Waals surface area (Å²) in [5, 5.41) is 10.7. The summed E-state index contributed by atoms with van der Waals surface area (Å²) in [4.78, 5) is 14.3. The highest BCUT2D eigenvalue weighted by molar-refractivity contribution is 5.86. The lowest BCUT2D eigenvalue weighted by Crippen LogP contribution is -1.98. The van der Waals surface area contributed by atoms with E-state index < -0.39 is 4.92 Å². The summed E-state index contributed by atoms with van der Waals surface area (Å²) in [7, 11) is 1.65. The molecular weight excluding hydrogens is 184 g/mol. The molecule has 0 fully saturated rings. The predicted molar refractivity (Wildman–Crippen MR) is 51.8 cm³/mol. The molecule has 0 saturated heterocycles. The van der Waals surface area contributed by atoms with Gasteiger partial charge in [0.15, 0.2) is 0 Å². The standard InChI is InChI=1S/C8H8N4O2/c1-11-7-5(10-8(11)9)3-2-4-6(7)12(13)14/h2-4H,1H3,(H2,9,10). The maximum Gasteiger partial charge on any atom is 0.295 e. The van der Waals surface area contributed by atoms with Crippen LogP contribution in [-0.2, 0) is 7.05 Å². The van der Waals surface area contributed by atoms with Crippen LogP contribution in [0.3, 0.4) is 0 Å². The first-order valence-corrected chi connectivity index (χ1v) is 3.96. The van der Waals surface area contributed by atoms with E-state index in [1.165, 1.54) is 10.6 Å². The molecule has 2 aromatic rings. The van der Waals surface area contributed by atoms with Crippen LogP contribution in [0.1, 0.15) is 0 Å². The molecule has 2 rings (SSSR count). The van der Waals surface area contributed by atoms with Gasteiger partial charge in [0, 0.05) is 13.1 Å². The molecule has 0 spiro atoms. The van der Waals surface area contributed by atoms with Crippen molar-refractivity contribution in [3.8, 4) is 0 Å². The monoisotopic (exact) mass is 192 g/mol. The minimum absolute atomic E-state index is 0.0224. The smallest absolute Gasteiger partial charge is 0.295 e. The number of aromatic nitrogens is 2. The fourth-order valence-electron chi connectivity index (χ4n) is 1.41. The van der Waals surface area contributed by atoms with Gasteiger partial charge in [0.25, 0.3) is 5.69 Å². The predicted octanol–water partition coefficient (Wildman–Crippen LogP) is 1.06. The van der Waals surface area contributed by atoms with E-state index in [9.17, 15) is 10.1 Å². The second kappa shape index (κ2) is 2.69. The van der Waals surface area contributed by atoms with Crippen molar-refractivity contribution in [3.05, 3.63) is 28.3 Å². The Balaban J connectivity index is 2.91. The summed E-state index contributed by atoms with van der Waals surface area (Å²) in [5.74, 6) is 0.272. The molecule has 1 aromatic carbocycles. The summed E-state index contributed by atoms with van der Waals surface area (Å²) >= 11 is 0. The van der Waals surface area contributed by atoms with E-state index in [0.717, 1.165) is 0 Å². The zero-order chi connectivity index (χ0) is 10.3. The van der Waals surface area contributed by atoms with Crippen molar-refractivity contribution in [1.29, 1.82) is 0 Å². The van der Waals surface area contributed by atoms with E-state index >= 15 is 0 Å². The maximum atomic E-state index is 10.7. The number of anilines is 1. The molecule has 0 atom stereocenters. The third kappa shape index (κ3) is 1.00. The third-order valence-electron chi connectivity index (χ3n) is 2.10. The average molecular weight is 192 g/mol. The first-order chi connectivity index (χ1) is 6.61. The van der Waals surface area contributed by atoms with Crippen molar-refractivity contribution in [1.82, 2.24) is 9.55 Å². The van der Waals surface area contributed by atoms with Crippen LogP contribution in [-0.4, -0.2) is 14.5 Å². The number of imidazole rings is 1. The van der Waals surface area contributed by atoms with Crippen molar-refractivity contribution in [3.63, 3.8) is 0 Å². The normalized spacial score (nSPS) is 10.6. The molecule has 14 heavy (non-hydrogen) atoms. The lowest BCUT2D eigenvalue weighted by atomic mass is 10.3. The van der Waals surface area contributed by atoms with E-state index in [1.54, 1.807) is 19.2 Å². The number of nitro groups is 1. The van der Waals surface area contributed by atoms with Crippen molar-refractivity contribution in [2.45, 2.75) is 0 Å². The van der Waals surface area contributed by atoms with Crippen LogP contribution >= 0.6 is 0 Å². The van der Waals surface area contributed by atoms with Crippen LogP contribution < -0.4 is 5.73 Å². The number of nitrogens with zero attached hydrogens (tertiary/aromatic N) is 3. The van der Waals surface area contributed by atoms with Crippen molar-refractivity contribution in [2.24, 2.45) is 7.05 Å². The Hall–Kier alpha value is -2.11. The number of nitro benzene ring substituents is 1. The first-order valence-electron chi connectivity index (χ1n) is 3.96. The van der Waals surface area contributed by atoms with Gasteiger partial charge >= 0.3 is 0 Å². The number of fused-ring (bicyclic) bond motifs is 1. The first kappa shape index (κ1) is 8.49. The lowest BCUT2D eigenvalue weighted by molar-refractivity contribution is -0.383. The number of para-hydroxylation sites is 1. The summed E-state index contributed by atoms with van der Waals surface area (Å²) in [6.45, 7) is 0. The van der Waals surface area contributed by atoms with Gasteiger partial charge in [0.1, 0.15) is 5.52 Å². The third-order valence-corrected chi connectivity index (χ3v) is 2.10. The van der Waals surface area contributed by atoms with Gasteiger partial charge in [0.05, 0.1) is 10.4 Å². The Labute approximate surface area is 79.1 Å². The molecule has 72 valence electrons. The fraction of sp³-hybridized carbons (Fsp3) is 0.125. The van der Waals surface area contributed by atoms with Gasteiger partial charge in [-0.15, -0.1) is 0 Å². The van der Waals surface area contributed by atoms with Gasteiger partial charge in [-0.1, -0.05) is 6.07 Å². The van der Waals surface area contributed by atoms with Gasteiger partial charge in [-0.2, -0.15) is 0 Å². The molecule has 0 saturated carbocycles. The van der Waals surface area contributed by atoms with E-state index in [1.807, 2.05) is 0 Å². The van der Waals surface area contributed by atoms with Crippen molar-refractivity contribution < 1.29 is 4.92 Å². The number of nitrogen functional groups attached to an aromatic ring is 1. The number of hydrogen-bond donors (Lipinski definition) is 1. The number of benzene rings is 1. The molecule has 0 aliphatic carbocycles. The van der Waals surface area contributed by atoms with Crippen LogP contribution in [0.4, 0.5) is 11.6 Å².